The van der Waals surface area contributed by atoms with E-state index in [0.29, 0.717) is 26.9 Å². The number of likely N-dealkylation sites (tertiary alicyclic amines) is 1. The smallest absolute Gasteiger partial charge is 0.255 e. The summed E-state index contributed by atoms with van der Waals surface area (Å²) in [4.78, 5) is 26.6. The third-order valence-electron chi connectivity index (χ3n) is 4.22. The number of nitrogens with one attached hydrogen (secondary N) is 1. The number of hydrogen-bond acceptors (Lipinski definition) is 2. The fraction of sp³-hybridized carbons (Fsp3) is 0.263. The average Bonchev–Trinajstić information content (AvgIpc) is 2.64. The van der Waals surface area contributed by atoms with Crippen molar-refractivity contribution in [2.75, 3.05) is 18.4 Å². The minimum absolute atomic E-state index is 0.0207. The van der Waals surface area contributed by atoms with Crippen LogP contribution < -0.4 is 5.32 Å². The van der Waals surface area contributed by atoms with E-state index in [4.69, 9.17) is 23.2 Å². The van der Waals surface area contributed by atoms with Crippen LogP contribution in [0.1, 0.15) is 40.0 Å². The van der Waals surface area contributed by atoms with E-state index in [1.165, 1.54) is 6.42 Å². The van der Waals surface area contributed by atoms with E-state index in [9.17, 15) is 9.59 Å². The molecule has 6 heteroatoms. The van der Waals surface area contributed by atoms with Crippen molar-refractivity contribution in [2.45, 2.75) is 19.3 Å². The molecule has 2 amide bonds. The Balaban J connectivity index is 1.68. The van der Waals surface area contributed by atoms with Crippen molar-refractivity contribution in [2.24, 2.45) is 0 Å². The number of hydrogen-bond donors (Lipinski definition) is 1. The maximum absolute atomic E-state index is 12.4. The Hall–Kier alpha value is -2.04. The molecule has 0 bridgehead atoms. The molecule has 1 N–H and O–H groups in total. The number of carbonyl (C=O) groups excluding carboxylic acids is 2. The Morgan fingerprint density at radius 3 is 2.16 bits per heavy atom. The predicted octanol–water partition coefficient (Wildman–Crippen LogP) is 4.87. The zero-order valence-corrected chi connectivity index (χ0v) is 15.1. The van der Waals surface area contributed by atoms with Gasteiger partial charge in [0, 0.05) is 29.2 Å². The average molecular weight is 377 g/mol. The summed E-state index contributed by atoms with van der Waals surface area (Å²) in [6.45, 7) is 1.60. The predicted molar refractivity (Wildman–Crippen MR) is 101 cm³/mol. The van der Waals surface area contributed by atoms with E-state index < -0.39 is 0 Å². The highest BCUT2D eigenvalue weighted by atomic mass is 35.5. The Morgan fingerprint density at radius 1 is 0.880 bits per heavy atom. The lowest BCUT2D eigenvalue weighted by Crippen LogP contribution is -2.35. The van der Waals surface area contributed by atoms with Gasteiger partial charge in [0.15, 0.2) is 0 Å². The van der Waals surface area contributed by atoms with Gasteiger partial charge in [0.1, 0.15) is 0 Å². The topological polar surface area (TPSA) is 49.4 Å². The van der Waals surface area contributed by atoms with Crippen LogP contribution in [0.4, 0.5) is 5.69 Å². The molecule has 2 aromatic carbocycles. The molecule has 0 spiro atoms. The van der Waals surface area contributed by atoms with Gasteiger partial charge in [-0.25, -0.2) is 0 Å². The van der Waals surface area contributed by atoms with Crippen LogP contribution in [0, 0.1) is 0 Å². The molecule has 1 aliphatic rings. The van der Waals surface area contributed by atoms with Crippen molar-refractivity contribution in [3.8, 4) is 0 Å². The summed E-state index contributed by atoms with van der Waals surface area (Å²) in [6, 6.07) is 11.6. The summed E-state index contributed by atoms with van der Waals surface area (Å²) >= 11 is 11.9. The molecule has 4 nitrogen and oxygen atoms in total. The molecule has 130 valence electrons. The Kier molecular flexibility index (Phi) is 5.61. The highest BCUT2D eigenvalue weighted by Gasteiger charge is 2.18. The van der Waals surface area contributed by atoms with Gasteiger partial charge < -0.3 is 10.2 Å². The third kappa shape index (κ3) is 4.33. The molecule has 0 unspecified atom stereocenters. The SMILES string of the molecule is O=C(Nc1ccc(Cl)cc1Cl)c1ccc(C(=O)N2CCCCC2)cc1. The first-order chi connectivity index (χ1) is 12.0. The van der Waals surface area contributed by atoms with E-state index in [0.717, 1.165) is 25.9 Å². The number of carbonyl (C=O) groups is 2. The van der Waals surface area contributed by atoms with Gasteiger partial charge in [0.05, 0.1) is 10.7 Å². The quantitative estimate of drug-likeness (QED) is 0.830. The maximum atomic E-state index is 12.4. The van der Waals surface area contributed by atoms with Gasteiger partial charge in [-0.2, -0.15) is 0 Å². The van der Waals surface area contributed by atoms with Crippen molar-refractivity contribution in [3.63, 3.8) is 0 Å². The molecule has 1 heterocycles. The van der Waals surface area contributed by atoms with Crippen LogP contribution in [-0.4, -0.2) is 29.8 Å². The van der Waals surface area contributed by atoms with Gasteiger partial charge in [-0.1, -0.05) is 23.2 Å². The molecule has 1 fully saturated rings. The lowest BCUT2D eigenvalue weighted by atomic mass is 10.1. The molecule has 0 radical (unpaired) electrons. The highest BCUT2D eigenvalue weighted by Crippen LogP contribution is 2.26. The van der Waals surface area contributed by atoms with Gasteiger partial charge in [-0.15, -0.1) is 0 Å². The third-order valence-corrected chi connectivity index (χ3v) is 4.76. The molecule has 0 saturated carbocycles. The highest BCUT2D eigenvalue weighted by molar-refractivity contribution is 6.36. The van der Waals surface area contributed by atoms with Gasteiger partial charge in [-0.3, -0.25) is 9.59 Å². The molecule has 25 heavy (non-hydrogen) atoms. The first-order valence-electron chi connectivity index (χ1n) is 8.20. The van der Waals surface area contributed by atoms with Crippen LogP contribution in [0.3, 0.4) is 0 Å². The normalized spacial score (nSPS) is 14.2. The van der Waals surface area contributed by atoms with E-state index in [1.54, 1.807) is 42.5 Å². The second-order valence-electron chi connectivity index (χ2n) is 6.01. The zero-order valence-electron chi connectivity index (χ0n) is 13.6. The van der Waals surface area contributed by atoms with E-state index in [2.05, 4.69) is 5.32 Å². The summed E-state index contributed by atoms with van der Waals surface area (Å²) in [5, 5.41) is 3.62. The van der Waals surface area contributed by atoms with E-state index >= 15 is 0 Å². The molecule has 0 atom stereocenters. The van der Waals surface area contributed by atoms with Crippen molar-refractivity contribution in [1.29, 1.82) is 0 Å². The summed E-state index contributed by atoms with van der Waals surface area (Å²) in [5.74, 6) is -0.270. The van der Waals surface area contributed by atoms with Crippen molar-refractivity contribution in [1.82, 2.24) is 4.90 Å². The number of anilines is 1. The standard InChI is InChI=1S/C19H18Cl2N2O2/c20-15-8-9-17(16(21)12-15)22-18(24)13-4-6-14(7-5-13)19(25)23-10-2-1-3-11-23/h4-9,12H,1-3,10-11H2,(H,22,24). The molecule has 1 aliphatic heterocycles. The lowest BCUT2D eigenvalue weighted by Gasteiger charge is -2.26. The van der Waals surface area contributed by atoms with Gasteiger partial charge in [-0.05, 0) is 61.7 Å². The molecule has 2 aromatic rings. The Labute approximate surface area is 156 Å². The van der Waals surface area contributed by atoms with Crippen LogP contribution in [-0.2, 0) is 0 Å². The van der Waals surface area contributed by atoms with Crippen LogP contribution in [0.5, 0.6) is 0 Å². The summed E-state index contributed by atoms with van der Waals surface area (Å²) in [5.41, 5.74) is 1.55. The van der Waals surface area contributed by atoms with Gasteiger partial charge in [0.2, 0.25) is 0 Å². The molecular formula is C19H18Cl2N2O2. The lowest BCUT2D eigenvalue weighted by molar-refractivity contribution is 0.0724. The molecule has 3 rings (SSSR count). The Bertz CT molecular complexity index is 785. The van der Waals surface area contributed by atoms with Gasteiger partial charge in [0.25, 0.3) is 11.8 Å². The minimum Gasteiger partial charge on any atom is -0.339 e. The number of benzene rings is 2. The second kappa shape index (κ2) is 7.89. The first kappa shape index (κ1) is 17.8. The van der Waals surface area contributed by atoms with Crippen LogP contribution in [0.2, 0.25) is 10.0 Å². The van der Waals surface area contributed by atoms with Crippen LogP contribution in [0.25, 0.3) is 0 Å². The molecular weight excluding hydrogens is 359 g/mol. The summed E-state index contributed by atoms with van der Waals surface area (Å²) < 4.78 is 0. The fourth-order valence-electron chi connectivity index (χ4n) is 2.83. The largest absolute Gasteiger partial charge is 0.339 e. The van der Waals surface area contributed by atoms with Crippen molar-refractivity contribution < 1.29 is 9.59 Å². The van der Waals surface area contributed by atoms with Crippen molar-refractivity contribution >= 4 is 40.7 Å². The minimum atomic E-state index is -0.291. The van der Waals surface area contributed by atoms with Crippen LogP contribution >= 0.6 is 23.2 Å². The number of amides is 2. The van der Waals surface area contributed by atoms with Gasteiger partial charge >= 0.3 is 0 Å². The zero-order chi connectivity index (χ0) is 17.8. The number of piperidine rings is 1. The van der Waals surface area contributed by atoms with Crippen molar-refractivity contribution in [3.05, 3.63) is 63.6 Å². The van der Waals surface area contributed by atoms with E-state index in [-0.39, 0.29) is 11.8 Å². The first-order valence-corrected chi connectivity index (χ1v) is 8.96. The molecule has 1 saturated heterocycles. The number of halogens is 2. The monoisotopic (exact) mass is 376 g/mol. The maximum Gasteiger partial charge on any atom is 0.255 e. The number of rotatable bonds is 3. The molecule has 0 aliphatic carbocycles. The van der Waals surface area contributed by atoms with Crippen LogP contribution in [0.15, 0.2) is 42.5 Å². The van der Waals surface area contributed by atoms with E-state index in [1.807, 2.05) is 4.90 Å². The summed E-state index contributed by atoms with van der Waals surface area (Å²) in [6.07, 6.45) is 3.28. The molecule has 0 aromatic heterocycles. The number of nitrogens with zero attached hydrogens (tertiary/aromatic N) is 1. The summed E-state index contributed by atoms with van der Waals surface area (Å²) in [7, 11) is 0. The Morgan fingerprint density at radius 2 is 1.52 bits per heavy atom. The fourth-order valence-corrected chi connectivity index (χ4v) is 3.28. The second-order valence-corrected chi connectivity index (χ2v) is 6.85.